The number of aromatic amines is 1. The molecule has 4 unspecified atom stereocenters. The van der Waals surface area contributed by atoms with Crippen molar-refractivity contribution >= 4 is 5.97 Å². The van der Waals surface area contributed by atoms with Gasteiger partial charge in [0.05, 0.1) is 0 Å². The van der Waals surface area contributed by atoms with Gasteiger partial charge in [-0.25, -0.2) is 4.79 Å². The maximum Gasteiger partial charge on any atom is 0.347 e. The molecule has 5 N–H and O–H groups in total. The van der Waals surface area contributed by atoms with Gasteiger partial charge in [0.2, 0.25) is 0 Å². The van der Waals surface area contributed by atoms with E-state index < -0.39 is 47.8 Å². The average Bonchev–Trinajstić information content (AvgIpc) is 2.80. The second-order valence-corrected chi connectivity index (χ2v) is 5.83. The number of carbonyl (C=O) groups is 1. The summed E-state index contributed by atoms with van der Waals surface area (Å²) >= 11 is 0. The van der Waals surface area contributed by atoms with Crippen LogP contribution in [-0.2, 0) is 14.3 Å². The molecule has 2 heterocycles. The van der Waals surface area contributed by atoms with E-state index in [9.17, 15) is 24.6 Å². The number of aliphatic hydroxyl groups excluding tert-OH is 2. The summed E-state index contributed by atoms with van der Waals surface area (Å²) in [6, 6.07) is -0.826. The van der Waals surface area contributed by atoms with Crippen molar-refractivity contribution in [1.29, 1.82) is 0 Å². The van der Waals surface area contributed by atoms with Crippen LogP contribution in [-0.4, -0.2) is 61.9 Å². The van der Waals surface area contributed by atoms with Gasteiger partial charge in [0.1, 0.15) is 37.2 Å². The summed E-state index contributed by atoms with van der Waals surface area (Å²) in [5.74, 6) is -0.799. The molecule has 5 atom stereocenters. The summed E-state index contributed by atoms with van der Waals surface area (Å²) in [5, 5.41) is 23.6. The van der Waals surface area contributed by atoms with Crippen LogP contribution < -0.4 is 17.0 Å². The lowest BCUT2D eigenvalue weighted by molar-refractivity contribution is -0.153. The molecule has 0 aromatic carbocycles. The third-order valence-electron chi connectivity index (χ3n) is 3.70. The highest BCUT2D eigenvalue weighted by Gasteiger charge is 2.45. The number of hydrogen-bond donors (Lipinski definition) is 4. The first kappa shape index (κ1) is 18.3. The smallest absolute Gasteiger partial charge is 0.347 e. The van der Waals surface area contributed by atoms with Crippen LogP contribution in [0.1, 0.15) is 20.1 Å². The highest BCUT2D eigenvalue weighted by Crippen LogP contribution is 2.27. The van der Waals surface area contributed by atoms with Crippen LogP contribution in [0.2, 0.25) is 0 Å². The number of ether oxygens (including phenoxy) is 2. The Morgan fingerprint density at radius 1 is 1.46 bits per heavy atom. The van der Waals surface area contributed by atoms with Gasteiger partial charge in [0.15, 0.2) is 6.23 Å². The van der Waals surface area contributed by atoms with Crippen molar-refractivity contribution in [2.75, 3.05) is 6.61 Å². The molecule has 1 aliphatic rings. The fourth-order valence-electron chi connectivity index (χ4n) is 2.14. The molecular weight excluding hydrogens is 324 g/mol. The zero-order chi connectivity index (χ0) is 18.0. The number of esters is 1. The fourth-order valence-corrected chi connectivity index (χ4v) is 2.14. The first-order chi connectivity index (χ1) is 11.2. The van der Waals surface area contributed by atoms with Crippen molar-refractivity contribution in [2.24, 2.45) is 11.7 Å². The molecule has 1 aromatic heterocycles. The molecule has 2 rings (SSSR count). The van der Waals surface area contributed by atoms with E-state index in [4.69, 9.17) is 15.2 Å². The van der Waals surface area contributed by atoms with Crippen molar-refractivity contribution in [3.05, 3.63) is 27.0 Å². The first-order valence-electron chi connectivity index (χ1n) is 7.34. The van der Waals surface area contributed by atoms with Crippen LogP contribution in [0, 0.1) is 5.92 Å². The highest BCUT2D eigenvalue weighted by molar-refractivity contribution is 5.75. The molecule has 1 aromatic rings. The largest absolute Gasteiger partial charge is 0.462 e. The SMILES string of the molecule is CC(C)[C@@H](N)C(=O)OCC1OC(n2ncc(=O)[nH]c2=O)C(O)C1O. The number of hydrogen-bond acceptors (Lipinski definition) is 9. The average molecular weight is 344 g/mol. The van der Waals surface area contributed by atoms with Gasteiger partial charge in [-0.05, 0) is 5.92 Å². The minimum Gasteiger partial charge on any atom is -0.462 e. The molecule has 0 amide bonds. The predicted octanol–water partition coefficient (Wildman–Crippen LogP) is -2.92. The van der Waals surface area contributed by atoms with E-state index in [0.29, 0.717) is 4.68 Å². The predicted molar refractivity (Wildman–Crippen MR) is 78.8 cm³/mol. The highest BCUT2D eigenvalue weighted by atomic mass is 16.6. The van der Waals surface area contributed by atoms with Gasteiger partial charge in [-0.2, -0.15) is 9.78 Å². The normalized spacial score (nSPS) is 28.1. The molecule has 0 saturated carbocycles. The maximum absolute atomic E-state index is 11.7. The summed E-state index contributed by atoms with van der Waals surface area (Å²) in [5.41, 5.74) is 4.03. The van der Waals surface area contributed by atoms with Crippen molar-refractivity contribution in [2.45, 2.75) is 44.4 Å². The van der Waals surface area contributed by atoms with Crippen molar-refractivity contribution in [3.63, 3.8) is 0 Å². The van der Waals surface area contributed by atoms with E-state index >= 15 is 0 Å². The minimum absolute atomic E-state index is 0.130. The maximum atomic E-state index is 11.7. The Balaban J connectivity index is 2.06. The molecule has 1 saturated heterocycles. The molecule has 134 valence electrons. The van der Waals surface area contributed by atoms with Crippen molar-refractivity contribution < 1.29 is 24.5 Å². The number of rotatable bonds is 5. The Bertz CT molecular complexity index is 700. The number of H-pyrrole nitrogens is 1. The van der Waals surface area contributed by atoms with Crippen LogP contribution in [0.4, 0.5) is 0 Å². The molecule has 0 aliphatic carbocycles. The van der Waals surface area contributed by atoms with Crippen LogP contribution >= 0.6 is 0 Å². The lowest BCUT2D eigenvalue weighted by atomic mass is 10.1. The zero-order valence-corrected chi connectivity index (χ0v) is 13.2. The summed E-state index contributed by atoms with van der Waals surface area (Å²) in [7, 11) is 0. The topological polar surface area (TPSA) is 170 Å². The molecule has 11 heteroatoms. The van der Waals surface area contributed by atoms with E-state index in [2.05, 4.69) is 5.10 Å². The second-order valence-electron chi connectivity index (χ2n) is 5.83. The Labute approximate surface area is 136 Å². The minimum atomic E-state index is -1.50. The van der Waals surface area contributed by atoms with Crippen LogP contribution in [0.15, 0.2) is 15.8 Å². The number of nitrogens with one attached hydrogen (secondary N) is 1. The van der Waals surface area contributed by atoms with Crippen LogP contribution in [0.25, 0.3) is 0 Å². The van der Waals surface area contributed by atoms with Gasteiger partial charge in [-0.1, -0.05) is 13.8 Å². The fraction of sp³-hybridized carbons (Fsp3) is 0.692. The Morgan fingerprint density at radius 3 is 2.71 bits per heavy atom. The summed E-state index contributed by atoms with van der Waals surface area (Å²) in [6.07, 6.45) is -4.48. The number of nitrogens with zero attached hydrogens (tertiary/aromatic N) is 2. The molecule has 1 fully saturated rings. The van der Waals surface area contributed by atoms with Crippen LogP contribution in [0.5, 0.6) is 0 Å². The Kier molecular flexibility index (Phi) is 5.49. The first-order valence-corrected chi connectivity index (χ1v) is 7.34. The van der Waals surface area contributed by atoms with Crippen molar-refractivity contribution in [3.8, 4) is 0 Å². The Hall–Kier alpha value is -2.08. The van der Waals surface area contributed by atoms with Gasteiger partial charge in [0, 0.05) is 0 Å². The van der Waals surface area contributed by atoms with Crippen LogP contribution in [0.3, 0.4) is 0 Å². The van der Waals surface area contributed by atoms with E-state index in [0.717, 1.165) is 6.20 Å². The van der Waals surface area contributed by atoms with Gasteiger partial charge in [-0.3, -0.25) is 14.6 Å². The van der Waals surface area contributed by atoms with Gasteiger partial charge < -0.3 is 25.4 Å². The molecule has 0 bridgehead atoms. The zero-order valence-electron chi connectivity index (χ0n) is 13.2. The van der Waals surface area contributed by atoms with Gasteiger partial charge >= 0.3 is 11.7 Å². The van der Waals surface area contributed by atoms with E-state index in [1.165, 1.54) is 0 Å². The third kappa shape index (κ3) is 3.70. The van der Waals surface area contributed by atoms with E-state index in [-0.39, 0.29) is 12.5 Å². The number of aromatic nitrogens is 3. The number of aliphatic hydroxyl groups is 2. The third-order valence-corrected chi connectivity index (χ3v) is 3.70. The molecular formula is C13H20N4O7. The number of carbonyl (C=O) groups excluding carboxylic acids is 1. The summed E-state index contributed by atoms with van der Waals surface area (Å²) in [4.78, 5) is 36.4. The van der Waals surface area contributed by atoms with Crippen molar-refractivity contribution in [1.82, 2.24) is 14.8 Å². The number of nitrogens with two attached hydrogens (primary N) is 1. The molecule has 11 nitrogen and oxygen atoms in total. The molecule has 0 radical (unpaired) electrons. The molecule has 1 aliphatic heterocycles. The standard InChI is InChI=1S/C13H20N4O7/c1-5(2)8(14)12(21)23-4-6-9(19)10(20)11(24-6)17-13(22)16-7(18)3-15-17/h3,5-6,8-11,19-20H,4,14H2,1-2H3,(H,16,18,22)/t6?,8-,9?,10?,11?/m1/s1. The second kappa shape index (κ2) is 7.21. The van der Waals surface area contributed by atoms with Gasteiger partial charge in [0.25, 0.3) is 5.56 Å². The Morgan fingerprint density at radius 2 is 2.12 bits per heavy atom. The van der Waals surface area contributed by atoms with Gasteiger partial charge in [-0.15, -0.1) is 0 Å². The van der Waals surface area contributed by atoms with E-state index in [1.54, 1.807) is 13.8 Å². The lowest BCUT2D eigenvalue weighted by Gasteiger charge is -2.18. The molecule has 0 spiro atoms. The van der Waals surface area contributed by atoms with E-state index in [1.807, 2.05) is 4.98 Å². The quantitative estimate of drug-likeness (QED) is 0.408. The monoisotopic (exact) mass is 344 g/mol. The summed E-state index contributed by atoms with van der Waals surface area (Å²) in [6.45, 7) is 3.15. The molecule has 24 heavy (non-hydrogen) atoms. The lowest BCUT2D eigenvalue weighted by Crippen LogP contribution is -2.40. The summed E-state index contributed by atoms with van der Waals surface area (Å²) < 4.78 is 11.0.